The minimum absolute atomic E-state index is 0.0962. The first kappa shape index (κ1) is 21.3. The van der Waals surface area contributed by atoms with Crippen molar-refractivity contribution in [3.63, 3.8) is 0 Å². The lowest BCUT2D eigenvalue weighted by atomic mass is 10.1. The van der Waals surface area contributed by atoms with Crippen molar-refractivity contribution in [3.05, 3.63) is 64.7 Å². The van der Waals surface area contributed by atoms with Gasteiger partial charge in [-0.2, -0.15) is 8.78 Å². The Morgan fingerprint density at radius 1 is 1.00 bits per heavy atom. The molecule has 0 unspecified atom stereocenters. The van der Waals surface area contributed by atoms with Gasteiger partial charge in [0.25, 0.3) is 5.91 Å². The fourth-order valence-electron chi connectivity index (χ4n) is 2.18. The monoisotopic (exact) mass is 411 g/mol. The molecule has 2 rings (SSSR count). The van der Waals surface area contributed by atoms with Crippen LogP contribution in [0, 0.1) is 0 Å². The quantitative estimate of drug-likeness (QED) is 0.531. The summed E-state index contributed by atoms with van der Waals surface area (Å²) in [6.45, 7) is -2.03. The Morgan fingerprint density at radius 3 is 2.14 bits per heavy atom. The molecule has 148 valence electrons. The van der Waals surface area contributed by atoms with Crippen LogP contribution in [0.15, 0.2) is 48.5 Å². The number of benzene rings is 2. The number of Topliss-reactive ketones (excluding diaryl/α,β-unsaturated/α-hetero) is 1. The molecule has 2 aromatic carbocycles. The van der Waals surface area contributed by atoms with Gasteiger partial charge in [-0.05, 0) is 55.5 Å². The fraction of sp³-hybridized carbons (Fsp3) is 0.211. The molecule has 0 saturated carbocycles. The number of rotatable bonds is 8. The maximum Gasteiger partial charge on any atom is 0.387 e. The normalized spacial score (nSPS) is 11.6. The van der Waals surface area contributed by atoms with Crippen LogP contribution in [0.4, 0.5) is 8.78 Å². The van der Waals surface area contributed by atoms with E-state index >= 15 is 0 Å². The summed E-state index contributed by atoms with van der Waals surface area (Å²) >= 11 is 5.73. The highest BCUT2D eigenvalue weighted by molar-refractivity contribution is 6.30. The van der Waals surface area contributed by atoms with Crippen molar-refractivity contribution in [1.29, 1.82) is 0 Å². The Labute approximate surface area is 164 Å². The summed E-state index contributed by atoms with van der Waals surface area (Å²) in [5.74, 6) is -1.93. The second kappa shape index (κ2) is 9.80. The summed E-state index contributed by atoms with van der Waals surface area (Å²) in [6, 6.07) is 11.0. The van der Waals surface area contributed by atoms with Gasteiger partial charge in [-0.25, -0.2) is 0 Å². The number of hydrogen-bond acceptors (Lipinski definition) is 5. The predicted molar refractivity (Wildman–Crippen MR) is 96.7 cm³/mol. The zero-order chi connectivity index (χ0) is 20.7. The Bertz CT molecular complexity index is 840. The van der Waals surface area contributed by atoms with Crippen LogP contribution in [0.2, 0.25) is 5.02 Å². The summed E-state index contributed by atoms with van der Waals surface area (Å²) in [7, 11) is 0. The molecule has 0 saturated heterocycles. The molecule has 28 heavy (non-hydrogen) atoms. The van der Waals surface area contributed by atoms with Gasteiger partial charge >= 0.3 is 12.6 Å². The molecule has 9 heteroatoms. The molecule has 0 aliphatic rings. The first-order valence-electron chi connectivity index (χ1n) is 8.08. The van der Waals surface area contributed by atoms with Crippen LogP contribution in [0.1, 0.15) is 27.6 Å². The largest absolute Gasteiger partial charge is 0.453 e. The maximum atomic E-state index is 12.2. The van der Waals surface area contributed by atoms with Crippen molar-refractivity contribution >= 4 is 29.3 Å². The molecule has 0 radical (unpaired) electrons. The van der Waals surface area contributed by atoms with Crippen molar-refractivity contribution < 1.29 is 32.6 Å². The average Bonchev–Trinajstić information content (AvgIpc) is 2.66. The van der Waals surface area contributed by atoms with Gasteiger partial charge in [-0.15, -0.1) is 0 Å². The standard InChI is InChI=1S/C19H16ClF2NO5/c1-11(17(25)12-4-8-15(9-5-12)28-19(21)22)27-16(24)10-23-18(26)13-2-6-14(20)7-3-13/h2-9,11,19H,10H2,1H3,(H,23,26)/t11-/m1/s1. The molecular weight excluding hydrogens is 396 g/mol. The number of esters is 1. The molecular formula is C19H16ClF2NO5. The van der Waals surface area contributed by atoms with Crippen LogP contribution in [0.3, 0.4) is 0 Å². The highest BCUT2D eigenvalue weighted by atomic mass is 35.5. The summed E-state index contributed by atoms with van der Waals surface area (Å²) < 4.78 is 33.4. The van der Waals surface area contributed by atoms with Gasteiger partial charge in [0, 0.05) is 16.1 Å². The summed E-state index contributed by atoms with van der Waals surface area (Å²) in [6.07, 6.45) is -1.12. The van der Waals surface area contributed by atoms with Gasteiger partial charge in [0.05, 0.1) is 0 Å². The molecule has 6 nitrogen and oxygen atoms in total. The number of hydrogen-bond donors (Lipinski definition) is 1. The SMILES string of the molecule is C[C@@H](OC(=O)CNC(=O)c1ccc(Cl)cc1)C(=O)c1ccc(OC(F)F)cc1. The Kier molecular flexibility index (Phi) is 7.45. The van der Waals surface area contributed by atoms with E-state index in [1.165, 1.54) is 55.5 Å². The van der Waals surface area contributed by atoms with E-state index in [9.17, 15) is 23.2 Å². The number of ketones is 1. The van der Waals surface area contributed by atoms with Crippen LogP contribution in [-0.4, -0.2) is 36.9 Å². The van der Waals surface area contributed by atoms with Gasteiger partial charge in [-0.3, -0.25) is 14.4 Å². The molecule has 0 heterocycles. The van der Waals surface area contributed by atoms with E-state index in [4.69, 9.17) is 16.3 Å². The van der Waals surface area contributed by atoms with Gasteiger partial charge in [0.2, 0.25) is 5.78 Å². The van der Waals surface area contributed by atoms with Crippen molar-refractivity contribution in [2.45, 2.75) is 19.6 Å². The summed E-state index contributed by atoms with van der Waals surface area (Å²) in [4.78, 5) is 36.0. The minimum atomic E-state index is -2.97. The third kappa shape index (κ3) is 6.31. The van der Waals surface area contributed by atoms with Crippen molar-refractivity contribution in [1.82, 2.24) is 5.32 Å². The number of halogens is 3. The number of carbonyl (C=O) groups excluding carboxylic acids is 3. The van der Waals surface area contributed by atoms with Crippen LogP contribution < -0.4 is 10.1 Å². The smallest absolute Gasteiger partial charge is 0.387 e. The molecule has 0 fully saturated rings. The number of alkyl halides is 2. The Hall–Kier alpha value is -3.00. The third-order valence-electron chi connectivity index (χ3n) is 3.54. The molecule has 1 N–H and O–H groups in total. The van der Waals surface area contributed by atoms with Gasteiger partial charge in [-0.1, -0.05) is 11.6 Å². The third-order valence-corrected chi connectivity index (χ3v) is 3.79. The molecule has 0 aromatic heterocycles. The van der Waals surface area contributed by atoms with E-state index in [-0.39, 0.29) is 11.3 Å². The van der Waals surface area contributed by atoms with Crippen molar-refractivity contribution in [3.8, 4) is 5.75 Å². The first-order chi connectivity index (χ1) is 13.3. The Morgan fingerprint density at radius 2 is 1.57 bits per heavy atom. The average molecular weight is 412 g/mol. The number of carbonyl (C=O) groups is 3. The lowest BCUT2D eigenvalue weighted by Crippen LogP contribution is -2.34. The first-order valence-corrected chi connectivity index (χ1v) is 8.46. The number of amides is 1. The molecule has 0 spiro atoms. The molecule has 0 aliphatic heterocycles. The van der Waals surface area contributed by atoms with Crippen molar-refractivity contribution in [2.75, 3.05) is 6.54 Å². The molecule has 2 aromatic rings. The fourth-order valence-corrected chi connectivity index (χ4v) is 2.31. The lowest BCUT2D eigenvalue weighted by molar-refractivity contribution is -0.145. The van der Waals surface area contributed by atoms with Crippen molar-refractivity contribution in [2.24, 2.45) is 0 Å². The number of nitrogens with one attached hydrogen (secondary N) is 1. The predicted octanol–water partition coefficient (Wildman–Crippen LogP) is 3.49. The molecule has 1 atom stereocenters. The van der Waals surface area contributed by atoms with Crippen LogP contribution in [0.5, 0.6) is 5.75 Å². The zero-order valence-electron chi connectivity index (χ0n) is 14.7. The van der Waals surface area contributed by atoms with Gasteiger partial charge < -0.3 is 14.8 Å². The van der Waals surface area contributed by atoms with Crippen LogP contribution in [-0.2, 0) is 9.53 Å². The topological polar surface area (TPSA) is 81.7 Å². The highest BCUT2D eigenvalue weighted by Crippen LogP contribution is 2.16. The second-order valence-electron chi connectivity index (χ2n) is 5.59. The van der Waals surface area contributed by atoms with Crippen LogP contribution >= 0.6 is 11.6 Å². The molecule has 1 amide bonds. The van der Waals surface area contributed by atoms with E-state index in [1.807, 2.05) is 0 Å². The van der Waals surface area contributed by atoms with E-state index in [0.29, 0.717) is 10.6 Å². The van der Waals surface area contributed by atoms with E-state index in [2.05, 4.69) is 10.1 Å². The molecule has 0 bridgehead atoms. The van der Waals surface area contributed by atoms with Crippen LogP contribution in [0.25, 0.3) is 0 Å². The van der Waals surface area contributed by atoms with E-state index < -0.39 is 36.9 Å². The summed E-state index contributed by atoms with van der Waals surface area (Å²) in [5, 5.41) is 2.84. The number of ether oxygens (including phenoxy) is 2. The van der Waals surface area contributed by atoms with Gasteiger partial charge in [0.15, 0.2) is 6.10 Å². The zero-order valence-corrected chi connectivity index (χ0v) is 15.4. The van der Waals surface area contributed by atoms with E-state index in [0.717, 1.165) is 0 Å². The lowest BCUT2D eigenvalue weighted by Gasteiger charge is -2.13. The summed E-state index contributed by atoms with van der Waals surface area (Å²) in [5.41, 5.74) is 0.472. The minimum Gasteiger partial charge on any atom is -0.453 e. The van der Waals surface area contributed by atoms with Gasteiger partial charge in [0.1, 0.15) is 12.3 Å². The highest BCUT2D eigenvalue weighted by Gasteiger charge is 2.20. The Balaban J connectivity index is 1.84. The maximum absolute atomic E-state index is 12.2. The van der Waals surface area contributed by atoms with E-state index in [1.54, 1.807) is 0 Å². The molecule has 0 aliphatic carbocycles. The second-order valence-corrected chi connectivity index (χ2v) is 6.03.